The zero-order valence-electron chi connectivity index (χ0n) is 14.1. The molecular formula is C16H20N4O4S2. The van der Waals surface area contributed by atoms with Crippen molar-refractivity contribution in [1.82, 2.24) is 19.3 Å². The fourth-order valence-corrected chi connectivity index (χ4v) is 5.16. The molecule has 0 aliphatic carbocycles. The highest BCUT2D eigenvalue weighted by Gasteiger charge is 2.27. The van der Waals surface area contributed by atoms with Gasteiger partial charge in [-0.05, 0) is 24.0 Å². The molecule has 8 nitrogen and oxygen atoms in total. The summed E-state index contributed by atoms with van der Waals surface area (Å²) in [7, 11) is -3.19. The van der Waals surface area contributed by atoms with Crippen molar-refractivity contribution in [2.45, 2.75) is 12.8 Å². The lowest BCUT2D eigenvalue weighted by Crippen LogP contribution is -2.43. The Bertz CT molecular complexity index is 910. The standard InChI is InChI=1S/C16H20N4O4S2/c21-15(16(22)18-8-10-20-9-3-11-26(20,23)24)17-7-6-13-12-4-1-2-5-14(12)25-19-13/h1-2,4-5H,3,6-11H2,(H,17,21)(H,18,22). The predicted molar refractivity (Wildman–Crippen MR) is 99.3 cm³/mol. The number of fused-ring (bicyclic) bond motifs is 1. The van der Waals surface area contributed by atoms with Crippen molar-refractivity contribution in [2.75, 3.05) is 31.9 Å². The first-order valence-electron chi connectivity index (χ1n) is 8.34. The molecule has 1 aliphatic rings. The summed E-state index contributed by atoms with van der Waals surface area (Å²) in [5.41, 5.74) is 0.894. The second kappa shape index (κ2) is 8.11. The number of carbonyl (C=O) groups excluding carboxylic acids is 2. The van der Waals surface area contributed by atoms with Gasteiger partial charge in [0, 0.05) is 38.0 Å². The quantitative estimate of drug-likeness (QED) is 0.674. The van der Waals surface area contributed by atoms with Gasteiger partial charge in [-0.3, -0.25) is 9.59 Å². The van der Waals surface area contributed by atoms with Crippen LogP contribution in [-0.4, -0.2) is 60.8 Å². The van der Waals surface area contributed by atoms with Crippen molar-refractivity contribution in [1.29, 1.82) is 0 Å². The van der Waals surface area contributed by atoms with Gasteiger partial charge >= 0.3 is 11.8 Å². The van der Waals surface area contributed by atoms with Gasteiger partial charge in [0.1, 0.15) is 0 Å². The Morgan fingerprint density at radius 3 is 2.62 bits per heavy atom. The van der Waals surface area contributed by atoms with Crippen LogP contribution in [0.1, 0.15) is 12.1 Å². The monoisotopic (exact) mass is 396 g/mol. The molecule has 0 unspecified atom stereocenters. The van der Waals surface area contributed by atoms with Gasteiger partial charge in [0.05, 0.1) is 16.1 Å². The van der Waals surface area contributed by atoms with Crippen LogP contribution in [0.25, 0.3) is 10.1 Å². The molecule has 1 aromatic carbocycles. The summed E-state index contributed by atoms with van der Waals surface area (Å²) in [6.07, 6.45) is 1.14. The maximum atomic E-state index is 11.8. The molecular weight excluding hydrogens is 376 g/mol. The Kier molecular flexibility index (Phi) is 5.84. The lowest BCUT2D eigenvalue weighted by Gasteiger charge is -2.14. The summed E-state index contributed by atoms with van der Waals surface area (Å²) in [6.45, 7) is 1.07. The van der Waals surface area contributed by atoms with Crippen molar-refractivity contribution in [2.24, 2.45) is 0 Å². The second-order valence-electron chi connectivity index (χ2n) is 5.96. The molecule has 0 radical (unpaired) electrons. The number of nitrogens with one attached hydrogen (secondary N) is 2. The zero-order valence-corrected chi connectivity index (χ0v) is 15.7. The van der Waals surface area contributed by atoms with E-state index in [1.54, 1.807) is 0 Å². The summed E-state index contributed by atoms with van der Waals surface area (Å²) in [4.78, 5) is 23.6. The van der Waals surface area contributed by atoms with Crippen LogP contribution in [0, 0.1) is 0 Å². The fraction of sp³-hybridized carbons (Fsp3) is 0.438. The Hall–Kier alpha value is -2.04. The molecule has 2 aromatic rings. The summed E-state index contributed by atoms with van der Waals surface area (Å²) >= 11 is 1.41. The molecule has 1 aromatic heterocycles. The second-order valence-corrected chi connectivity index (χ2v) is 8.85. The number of nitrogens with zero attached hydrogens (tertiary/aromatic N) is 2. The Morgan fingerprint density at radius 2 is 1.88 bits per heavy atom. The van der Waals surface area contributed by atoms with Gasteiger partial charge in [-0.25, -0.2) is 12.7 Å². The molecule has 3 rings (SSSR count). The van der Waals surface area contributed by atoms with Gasteiger partial charge in [-0.1, -0.05) is 18.2 Å². The van der Waals surface area contributed by atoms with E-state index in [9.17, 15) is 18.0 Å². The highest BCUT2D eigenvalue weighted by Crippen LogP contribution is 2.22. The summed E-state index contributed by atoms with van der Waals surface area (Å²) in [5, 5.41) is 6.07. The molecule has 0 saturated carbocycles. The van der Waals surface area contributed by atoms with Crippen LogP contribution < -0.4 is 10.6 Å². The van der Waals surface area contributed by atoms with Crippen LogP contribution in [0.3, 0.4) is 0 Å². The van der Waals surface area contributed by atoms with Gasteiger partial charge in [-0.2, -0.15) is 4.37 Å². The first kappa shape index (κ1) is 18.7. The highest BCUT2D eigenvalue weighted by molar-refractivity contribution is 7.89. The van der Waals surface area contributed by atoms with Gasteiger partial charge in [0.2, 0.25) is 10.0 Å². The van der Waals surface area contributed by atoms with Crippen molar-refractivity contribution in [3.8, 4) is 0 Å². The van der Waals surface area contributed by atoms with Crippen LogP contribution in [0.5, 0.6) is 0 Å². The Morgan fingerprint density at radius 1 is 1.15 bits per heavy atom. The van der Waals surface area contributed by atoms with E-state index in [1.807, 2.05) is 24.3 Å². The van der Waals surface area contributed by atoms with E-state index >= 15 is 0 Å². The van der Waals surface area contributed by atoms with Gasteiger partial charge in [0.15, 0.2) is 0 Å². The van der Waals surface area contributed by atoms with Crippen molar-refractivity contribution >= 4 is 43.5 Å². The first-order valence-corrected chi connectivity index (χ1v) is 10.7. The van der Waals surface area contributed by atoms with Crippen molar-refractivity contribution < 1.29 is 18.0 Å². The van der Waals surface area contributed by atoms with E-state index < -0.39 is 21.8 Å². The number of aromatic nitrogens is 1. The van der Waals surface area contributed by atoms with Gasteiger partial charge in [-0.15, -0.1) is 0 Å². The molecule has 0 bridgehead atoms. The third-order valence-electron chi connectivity index (χ3n) is 4.16. The molecule has 10 heteroatoms. The fourth-order valence-electron chi connectivity index (χ4n) is 2.81. The predicted octanol–water partition coefficient (Wildman–Crippen LogP) is 0.107. The highest BCUT2D eigenvalue weighted by atomic mass is 32.2. The lowest BCUT2D eigenvalue weighted by molar-refractivity contribution is -0.139. The number of carbonyl (C=O) groups is 2. The minimum absolute atomic E-state index is 0.113. The summed E-state index contributed by atoms with van der Waals surface area (Å²) < 4.78 is 30.1. The molecule has 2 amide bonds. The third kappa shape index (κ3) is 4.37. The number of hydrogen-bond acceptors (Lipinski definition) is 6. The van der Waals surface area contributed by atoms with E-state index in [2.05, 4.69) is 15.0 Å². The zero-order chi connectivity index (χ0) is 18.6. The molecule has 1 aliphatic heterocycles. The summed E-state index contributed by atoms with van der Waals surface area (Å²) in [5.74, 6) is -1.34. The number of amides is 2. The van der Waals surface area contributed by atoms with Crippen molar-refractivity contribution in [3.63, 3.8) is 0 Å². The molecule has 2 N–H and O–H groups in total. The van der Waals surface area contributed by atoms with Crippen LogP contribution in [0.4, 0.5) is 0 Å². The molecule has 2 heterocycles. The smallest absolute Gasteiger partial charge is 0.309 e. The van der Waals surface area contributed by atoms with Crippen LogP contribution in [0.2, 0.25) is 0 Å². The first-order chi connectivity index (χ1) is 12.5. The maximum absolute atomic E-state index is 11.8. The molecule has 140 valence electrons. The molecule has 0 spiro atoms. The average molecular weight is 396 g/mol. The average Bonchev–Trinajstić information content (AvgIpc) is 3.18. The van der Waals surface area contributed by atoms with E-state index in [1.165, 1.54) is 15.8 Å². The SMILES string of the molecule is O=C(NCCc1nsc2ccccc12)C(=O)NCCN1CCCS1(=O)=O. The normalized spacial score (nSPS) is 16.6. The molecule has 1 fully saturated rings. The van der Waals surface area contributed by atoms with E-state index in [-0.39, 0.29) is 18.8 Å². The van der Waals surface area contributed by atoms with Crippen LogP contribution in [0.15, 0.2) is 24.3 Å². The van der Waals surface area contributed by atoms with Gasteiger partial charge in [0.25, 0.3) is 0 Å². The van der Waals surface area contributed by atoms with E-state index in [0.29, 0.717) is 25.9 Å². The maximum Gasteiger partial charge on any atom is 0.309 e. The number of benzene rings is 1. The summed E-state index contributed by atoms with van der Waals surface area (Å²) in [6, 6.07) is 7.86. The third-order valence-corrected chi connectivity index (χ3v) is 6.98. The minimum atomic E-state index is -3.19. The number of hydrogen-bond donors (Lipinski definition) is 2. The van der Waals surface area contributed by atoms with Crippen LogP contribution >= 0.6 is 11.5 Å². The van der Waals surface area contributed by atoms with Gasteiger partial charge < -0.3 is 10.6 Å². The number of rotatable bonds is 6. The molecule has 26 heavy (non-hydrogen) atoms. The molecule has 1 saturated heterocycles. The largest absolute Gasteiger partial charge is 0.347 e. The minimum Gasteiger partial charge on any atom is -0.347 e. The van der Waals surface area contributed by atoms with Crippen LogP contribution in [-0.2, 0) is 26.0 Å². The Balaban J connectivity index is 1.40. The number of sulfonamides is 1. The van der Waals surface area contributed by atoms with E-state index in [0.717, 1.165) is 15.8 Å². The topological polar surface area (TPSA) is 108 Å². The Labute approximate surface area is 155 Å². The van der Waals surface area contributed by atoms with Crippen molar-refractivity contribution in [3.05, 3.63) is 30.0 Å². The molecule has 0 atom stereocenters. The lowest BCUT2D eigenvalue weighted by atomic mass is 10.2. The van der Waals surface area contributed by atoms with E-state index in [4.69, 9.17) is 0 Å².